The van der Waals surface area contributed by atoms with Crippen LogP contribution in [0.25, 0.3) is 0 Å². The van der Waals surface area contributed by atoms with E-state index >= 15 is 0 Å². The molecule has 0 saturated heterocycles. The van der Waals surface area contributed by atoms with Gasteiger partial charge in [0.25, 0.3) is 10.1 Å². The van der Waals surface area contributed by atoms with Crippen LogP contribution < -0.4 is 5.73 Å². The highest BCUT2D eigenvalue weighted by Gasteiger charge is 2.22. The van der Waals surface area contributed by atoms with E-state index in [0.717, 1.165) is 31.2 Å². The van der Waals surface area contributed by atoms with Crippen molar-refractivity contribution >= 4 is 15.8 Å². The number of rotatable bonds is 2. The molecule has 1 saturated carbocycles. The van der Waals surface area contributed by atoms with Gasteiger partial charge in [0, 0.05) is 0 Å². The molecule has 4 nitrogen and oxygen atoms in total. The van der Waals surface area contributed by atoms with Crippen LogP contribution in [0, 0.1) is 0 Å². The monoisotopic (exact) mass is 255 g/mol. The Labute approximate surface area is 102 Å². The zero-order chi connectivity index (χ0) is 12.5. The zero-order valence-electron chi connectivity index (χ0n) is 9.59. The first-order chi connectivity index (χ1) is 8.00. The van der Waals surface area contributed by atoms with Crippen molar-refractivity contribution in [1.82, 2.24) is 0 Å². The van der Waals surface area contributed by atoms with Gasteiger partial charge in [-0.2, -0.15) is 8.42 Å². The molecule has 17 heavy (non-hydrogen) atoms. The number of para-hydroxylation sites is 1. The van der Waals surface area contributed by atoms with Crippen LogP contribution in [-0.4, -0.2) is 13.0 Å². The van der Waals surface area contributed by atoms with Crippen LogP contribution >= 0.6 is 0 Å². The predicted molar refractivity (Wildman–Crippen MR) is 66.5 cm³/mol. The SMILES string of the molecule is Nc1c(C2CCCCC2)cccc1S(=O)(=O)O. The summed E-state index contributed by atoms with van der Waals surface area (Å²) in [5.74, 6) is 0.324. The van der Waals surface area contributed by atoms with Crippen molar-refractivity contribution in [3.05, 3.63) is 23.8 Å². The first-order valence-corrected chi connectivity index (χ1v) is 7.30. The van der Waals surface area contributed by atoms with Gasteiger partial charge in [0.1, 0.15) is 4.90 Å². The number of hydrogen-bond acceptors (Lipinski definition) is 3. The Kier molecular flexibility index (Phi) is 3.40. The van der Waals surface area contributed by atoms with Crippen molar-refractivity contribution in [2.75, 3.05) is 5.73 Å². The summed E-state index contributed by atoms with van der Waals surface area (Å²) in [6, 6.07) is 4.85. The number of nitrogens with two attached hydrogens (primary N) is 1. The van der Waals surface area contributed by atoms with Gasteiger partial charge in [-0.1, -0.05) is 31.4 Å². The molecule has 0 atom stereocenters. The third-order valence-corrected chi connectivity index (χ3v) is 4.33. The van der Waals surface area contributed by atoms with E-state index in [4.69, 9.17) is 10.3 Å². The number of nitrogen functional groups attached to an aromatic ring is 1. The van der Waals surface area contributed by atoms with E-state index < -0.39 is 10.1 Å². The molecule has 0 amide bonds. The topological polar surface area (TPSA) is 80.4 Å². The maximum atomic E-state index is 11.2. The molecule has 94 valence electrons. The standard InChI is InChI=1S/C12H17NO3S/c13-12-10(9-5-2-1-3-6-9)7-4-8-11(12)17(14,15)16/h4,7-9H,1-3,5-6,13H2,(H,14,15,16). The summed E-state index contributed by atoms with van der Waals surface area (Å²) in [6.45, 7) is 0. The molecule has 1 aliphatic rings. The smallest absolute Gasteiger partial charge is 0.296 e. The molecule has 0 spiro atoms. The van der Waals surface area contributed by atoms with E-state index in [9.17, 15) is 8.42 Å². The van der Waals surface area contributed by atoms with Crippen molar-refractivity contribution in [2.24, 2.45) is 0 Å². The predicted octanol–water partition coefficient (Wildman–Crippen LogP) is 2.56. The van der Waals surface area contributed by atoms with Crippen molar-refractivity contribution < 1.29 is 13.0 Å². The van der Waals surface area contributed by atoms with Crippen LogP contribution in [-0.2, 0) is 10.1 Å². The minimum Gasteiger partial charge on any atom is -0.397 e. The van der Waals surface area contributed by atoms with E-state index in [1.807, 2.05) is 6.07 Å². The summed E-state index contributed by atoms with van der Waals surface area (Å²) in [4.78, 5) is -0.166. The van der Waals surface area contributed by atoms with Crippen molar-refractivity contribution in [1.29, 1.82) is 0 Å². The van der Waals surface area contributed by atoms with Crippen molar-refractivity contribution in [3.63, 3.8) is 0 Å². The van der Waals surface area contributed by atoms with Gasteiger partial charge < -0.3 is 5.73 Å². The molecule has 0 bridgehead atoms. The highest BCUT2D eigenvalue weighted by atomic mass is 32.2. The average molecular weight is 255 g/mol. The fourth-order valence-corrected chi connectivity index (χ4v) is 3.20. The molecular formula is C12H17NO3S. The Morgan fingerprint density at radius 1 is 1.18 bits per heavy atom. The number of benzene rings is 1. The van der Waals surface area contributed by atoms with Crippen LogP contribution in [0.15, 0.2) is 23.1 Å². The van der Waals surface area contributed by atoms with Gasteiger partial charge in [0.2, 0.25) is 0 Å². The summed E-state index contributed by atoms with van der Waals surface area (Å²) in [6.07, 6.45) is 5.62. The lowest BCUT2D eigenvalue weighted by Gasteiger charge is -2.23. The van der Waals surface area contributed by atoms with E-state index in [-0.39, 0.29) is 10.6 Å². The summed E-state index contributed by atoms with van der Waals surface area (Å²) < 4.78 is 31.4. The van der Waals surface area contributed by atoms with Gasteiger partial charge in [0.05, 0.1) is 5.69 Å². The van der Waals surface area contributed by atoms with Gasteiger partial charge >= 0.3 is 0 Å². The summed E-state index contributed by atoms with van der Waals surface area (Å²) in [5.41, 5.74) is 6.93. The first-order valence-electron chi connectivity index (χ1n) is 5.86. The molecule has 0 aliphatic heterocycles. The van der Waals surface area contributed by atoms with Crippen molar-refractivity contribution in [3.8, 4) is 0 Å². The Hall–Kier alpha value is -1.07. The molecule has 0 radical (unpaired) electrons. The van der Waals surface area contributed by atoms with E-state index in [2.05, 4.69) is 0 Å². The quantitative estimate of drug-likeness (QED) is 0.628. The van der Waals surface area contributed by atoms with E-state index in [1.165, 1.54) is 12.5 Å². The average Bonchev–Trinajstić information content (AvgIpc) is 2.29. The second-order valence-corrected chi connectivity index (χ2v) is 5.96. The molecule has 0 heterocycles. The first kappa shape index (κ1) is 12.4. The Bertz CT molecular complexity index is 504. The summed E-state index contributed by atoms with van der Waals surface area (Å²) in [7, 11) is -4.22. The van der Waals surface area contributed by atoms with Crippen LogP contribution in [0.4, 0.5) is 5.69 Å². The Balaban J connectivity index is 2.42. The maximum Gasteiger partial charge on any atom is 0.296 e. The normalized spacial score (nSPS) is 18.2. The van der Waals surface area contributed by atoms with Gasteiger partial charge in [-0.05, 0) is 30.4 Å². The van der Waals surface area contributed by atoms with E-state index in [0.29, 0.717) is 5.92 Å². The van der Waals surface area contributed by atoms with Crippen LogP contribution in [0.3, 0.4) is 0 Å². The Morgan fingerprint density at radius 3 is 2.41 bits per heavy atom. The minimum atomic E-state index is -4.22. The lowest BCUT2D eigenvalue weighted by molar-refractivity contribution is 0.443. The molecule has 1 fully saturated rings. The van der Waals surface area contributed by atoms with E-state index in [1.54, 1.807) is 6.07 Å². The molecule has 0 unspecified atom stereocenters. The lowest BCUT2D eigenvalue weighted by Crippen LogP contribution is -2.11. The van der Waals surface area contributed by atoms with Crippen LogP contribution in [0.5, 0.6) is 0 Å². The molecular weight excluding hydrogens is 238 g/mol. The summed E-state index contributed by atoms with van der Waals surface area (Å²) >= 11 is 0. The van der Waals surface area contributed by atoms with Crippen molar-refractivity contribution in [2.45, 2.75) is 42.9 Å². The molecule has 1 aromatic carbocycles. The molecule has 1 aromatic rings. The summed E-state index contributed by atoms with van der Waals surface area (Å²) in [5, 5.41) is 0. The molecule has 5 heteroatoms. The highest BCUT2D eigenvalue weighted by molar-refractivity contribution is 7.86. The number of anilines is 1. The molecule has 3 N–H and O–H groups in total. The fraction of sp³-hybridized carbons (Fsp3) is 0.500. The minimum absolute atomic E-state index is 0.166. The zero-order valence-corrected chi connectivity index (χ0v) is 10.4. The van der Waals surface area contributed by atoms with Gasteiger partial charge in [-0.25, -0.2) is 0 Å². The third kappa shape index (κ3) is 2.61. The molecule has 1 aliphatic carbocycles. The lowest BCUT2D eigenvalue weighted by atomic mass is 9.83. The largest absolute Gasteiger partial charge is 0.397 e. The highest BCUT2D eigenvalue weighted by Crippen LogP contribution is 2.37. The fourth-order valence-electron chi connectivity index (χ4n) is 2.56. The molecule has 0 aromatic heterocycles. The third-order valence-electron chi connectivity index (χ3n) is 3.42. The molecule has 2 rings (SSSR count). The van der Waals surface area contributed by atoms with Gasteiger partial charge in [0.15, 0.2) is 0 Å². The van der Waals surface area contributed by atoms with Crippen LogP contribution in [0.1, 0.15) is 43.6 Å². The maximum absolute atomic E-state index is 11.2. The second kappa shape index (κ2) is 4.66. The second-order valence-electron chi connectivity index (χ2n) is 4.57. The van der Waals surface area contributed by atoms with Gasteiger partial charge in [-0.15, -0.1) is 0 Å². The van der Waals surface area contributed by atoms with Crippen LogP contribution in [0.2, 0.25) is 0 Å². The Morgan fingerprint density at radius 2 is 1.82 bits per heavy atom. The number of hydrogen-bond donors (Lipinski definition) is 2. The van der Waals surface area contributed by atoms with Gasteiger partial charge in [-0.3, -0.25) is 4.55 Å².